The highest BCUT2D eigenvalue weighted by atomic mass is 32.2. The molecule has 0 aliphatic carbocycles. The van der Waals surface area contributed by atoms with Crippen molar-refractivity contribution in [3.8, 4) is 10.8 Å². The van der Waals surface area contributed by atoms with Gasteiger partial charge >= 0.3 is 0 Å². The lowest BCUT2D eigenvalue weighted by Gasteiger charge is -2.26. The molecule has 0 atom stereocenters. The summed E-state index contributed by atoms with van der Waals surface area (Å²) in [6.07, 6.45) is 0.390. The van der Waals surface area contributed by atoms with Crippen LogP contribution >= 0.6 is 23.1 Å². The highest BCUT2D eigenvalue weighted by Gasteiger charge is 2.18. The molecule has 0 radical (unpaired) electrons. The molecule has 4 nitrogen and oxygen atoms in total. The van der Waals surface area contributed by atoms with Gasteiger partial charge in [0.1, 0.15) is 5.76 Å². The molecule has 20 heavy (non-hydrogen) atoms. The van der Waals surface area contributed by atoms with Gasteiger partial charge in [0, 0.05) is 30.0 Å². The number of aryl methyl sites for hydroxylation is 1. The molecule has 0 unspecified atom stereocenters. The Morgan fingerprint density at radius 3 is 2.90 bits per heavy atom. The lowest BCUT2D eigenvalue weighted by atomic mass is 10.3. The predicted octanol–water partition coefficient (Wildman–Crippen LogP) is 2.83. The molecule has 0 aromatic carbocycles. The number of amides is 1. The van der Waals surface area contributed by atoms with Gasteiger partial charge in [-0.15, -0.1) is 11.3 Å². The van der Waals surface area contributed by atoms with Gasteiger partial charge in [0.25, 0.3) is 0 Å². The van der Waals surface area contributed by atoms with Crippen LogP contribution in [-0.4, -0.2) is 40.4 Å². The molecular formula is C14H16N2O2S2. The van der Waals surface area contributed by atoms with Crippen LogP contribution in [0.15, 0.2) is 21.9 Å². The largest absolute Gasteiger partial charge is 0.459 e. The molecule has 106 valence electrons. The van der Waals surface area contributed by atoms with Crippen LogP contribution in [0.25, 0.3) is 10.8 Å². The van der Waals surface area contributed by atoms with Crippen molar-refractivity contribution in [3.05, 3.63) is 29.0 Å². The van der Waals surface area contributed by atoms with Gasteiger partial charge < -0.3 is 9.32 Å². The van der Waals surface area contributed by atoms with Gasteiger partial charge in [-0.3, -0.25) is 4.79 Å². The SMILES string of the molecule is Cc1ccc(-c2nc(CC(=O)N3CCSCC3)cs2)o1. The van der Waals surface area contributed by atoms with Gasteiger partial charge in [-0.2, -0.15) is 11.8 Å². The second-order valence-electron chi connectivity index (χ2n) is 4.72. The van der Waals surface area contributed by atoms with Gasteiger partial charge in [-0.1, -0.05) is 0 Å². The first-order valence-electron chi connectivity index (χ1n) is 6.59. The Balaban J connectivity index is 1.66. The van der Waals surface area contributed by atoms with Crippen LogP contribution in [0.5, 0.6) is 0 Å². The van der Waals surface area contributed by atoms with E-state index < -0.39 is 0 Å². The fraction of sp³-hybridized carbons (Fsp3) is 0.429. The van der Waals surface area contributed by atoms with E-state index in [1.54, 1.807) is 0 Å². The van der Waals surface area contributed by atoms with Crippen LogP contribution in [0.2, 0.25) is 0 Å². The summed E-state index contributed by atoms with van der Waals surface area (Å²) >= 11 is 3.43. The van der Waals surface area contributed by atoms with E-state index in [2.05, 4.69) is 4.98 Å². The fourth-order valence-electron chi connectivity index (χ4n) is 2.13. The van der Waals surface area contributed by atoms with E-state index in [0.29, 0.717) is 6.42 Å². The summed E-state index contributed by atoms with van der Waals surface area (Å²) in [4.78, 5) is 18.6. The molecule has 0 spiro atoms. The van der Waals surface area contributed by atoms with Gasteiger partial charge in [-0.25, -0.2) is 4.98 Å². The summed E-state index contributed by atoms with van der Waals surface area (Å²) in [5.74, 6) is 3.91. The van der Waals surface area contributed by atoms with Crippen molar-refractivity contribution < 1.29 is 9.21 Å². The molecule has 1 saturated heterocycles. The van der Waals surface area contributed by atoms with Crippen molar-refractivity contribution in [2.45, 2.75) is 13.3 Å². The number of thiazole rings is 1. The van der Waals surface area contributed by atoms with Crippen LogP contribution in [0.4, 0.5) is 0 Å². The van der Waals surface area contributed by atoms with E-state index in [0.717, 1.165) is 46.8 Å². The van der Waals surface area contributed by atoms with Gasteiger partial charge in [0.15, 0.2) is 10.8 Å². The molecule has 1 fully saturated rings. The van der Waals surface area contributed by atoms with Gasteiger partial charge in [-0.05, 0) is 19.1 Å². The van der Waals surface area contributed by atoms with Gasteiger partial charge in [0.2, 0.25) is 5.91 Å². The summed E-state index contributed by atoms with van der Waals surface area (Å²) in [6, 6.07) is 3.84. The minimum atomic E-state index is 0.178. The molecule has 3 heterocycles. The van der Waals surface area contributed by atoms with E-state index in [9.17, 15) is 4.79 Å². The Labute approximate surface area is 126 Å². The smallest absolute Gasteiger partial charge is 0.228 e. The molecule has 6 heteroatoms. The number of rotatable bonds is 3. The zero-order chi connectivity index (χ0) is 13.9. The maximum absolute atomic E-state index is 12.2. The Kier molecular flexibility index (Phi) is 4.12. The van der Waals surface area contributed by atoms with Crippen LogP contribution in [0.1, 0.15) is 11.5 Å². The first kappa shape index (κ1) is 13.7. The topological polar surface area (TPSA) is 46.3 Å². The van der Waals surface area contributed by atoms with Crippen molar-refractivity contribution in [1.29, 1.82) is 0 Å². The number of carbonyl (C=O) groups excluding carboxylic acids is 1. The molecule has 0 N–H and O–H groups in total. The molecule has 3 rings (SSSR count). The first-order chi connectivity index (χ1) is 9.72. The molecule has 2 aromatic rings. The number of aromatic nitrogens is 1. The van der Waals surface area contributed by atoms with E-state index >= 15 is 0 Å². The Hall–Kier alpha value is -1.27. The third kappa shape index (κ3) is 3.07. The summed E-state index contributed by atoms with van der Waals surface area (Å²) in [5, 5.41) is 2.79. The number of furan rings is 1. The number of thioether (sulfide) groups is 1. The van der Waals surface area contributed by atoms with Crippen LogP contribution < -0.4 is 0 Å². The summed E-state index contributed by atoms with van der Waals surface area (Å²) in [5.41, 5.74) is 0.835. The van der Waals surface area contributed by atoms with Crippen molar-refractivity contribution in [3.63, 3.8) is 0 Å². The Bertz CT molecular complexity index is 600. The van der Waals surface area contributed by atoms with Crippen LogP contribution in [0.3, 0.4) is 0 Å². The highest BCUT2D eigenvalue weighted by Crippen LogP contribution is 2.26. The molecule has 0 saturated carbocycles. The van der Waals surface area contributed by atoms with E-state index in [-0.39, 0.29) is 5.91 Å². The molecule has 0 bridgehead atoms. The third-order valence-electron chi connectivity index (χ3n) is 3.20. The standard InChI is InChI=1S/C14H16N2O2S2/c1-10-2-3-12(18-10)14-15-11(9-20-14)8-13(17)16-4-6-19-7-5-16/h2-3,9H,4-8H2,1H3. The number of hydrogen-bond acceptors (Lipinski definition) is 5. The zero-order valence-corrected chi connectivity index (χ0v) is 12.9. The fourth-order valence-corrected chi connectivity index (χ4v) is 3.81. The summed E-state index contributed by atoms with van der Waals surface area (Å²) < 4.78 is 5.55. The van der Waals surface area contributed by atoms with Crippen molar-refractivity contribution in [2.75, 3.05) is 24.6 Å². The summed E-state index contributed by atoms with van der Waals surface area (Å²) in [7, 11) is 0. The molecule has 1 amide bonds. The highest BCUT2D eigenvalue weighted by molar-refractivity contribution is 7.99. The molecular weight excluding hydrogens is 292 g/mol. The van der Waals surface area contributed by atoms with E-state index in [1.807, 2.05) is 41.1 Å². The first-order valence-corrected chi connectivity index (χ1v) is 8.62. The second kappa shape index (κ2) is 6.01. The lowest BCUT2D eigenvalue weighted by Crippen LogP contribution is -2.38. The van der Waals surface area contributed by atoms with Crippen molar-refractivity contribution in [2.24, 2.45) is 0 Å². The van der Waals surface area contributed by atoms with Crippen molar-refractivity contribution >= 4 is 29.0 Å². The quantitative estimate of drug-likeness (QED) is 0.875. The van der Waals surface area contributed by atoms with Gasteiger partial charge in [0.05, 0.1) is 12.1 Å². The second-order valence-corrected chi connectivity index (χ2v) is 6.81. The number of hydrogen-bond donors (Lipinski definition) is 0. The minimum absolute atomic E-state index is 0.178. The molecule has 1 aliphatic rings. The molecule has 1 aliphatic heterocycles. The Morgan fingerprint density at radius 1 is 1.40 bits per heavy atom. The van der Waals surface area contributed by atoms with Crippen LogP contribution in [-0.2, 0) is 11.2 Å². The minimum Gasteiger partial charge on any atom is -0.459 e. The number of nitrogens with zero attached hydrogens (tertiary/aromatic N) is 2. The average molecular weight is 308 g/mol. The number of carbonyl (C=O) groups is 1. The predicted molar refractivity (Wildman–Crippen MR) is 82.2 cm³/mol. The monoisotopic (exact) mass is 308 g/mol. The molecule has 2 aromatic heterocycles. The lowest BCUT2D eigenvalue weighted by molar-refractivity contribution is -0.130. The third-order valence-corrected chi connectivity index (χ3v) is 5.05. The maximum Gasteiger partial charge on any atom is 0.228 e. The summed E-state index contributed by atoms with van der Waals surface area (Å²) in [6.45, 7) is 3.63. The van der Waals surface area contributed by atoms with E-state index in [4.69, 9.17) is 4.42 Å². The van der Waals surface area contributed by atoms with Crippen molar-refractivity contribution in [1.82, 2.24) is 9.88 Å². The zero-order valence-electron chi connectivity index (χ0n) is 11.3. The normalized spacial score (nSPS) is 15.6. The van der Waals surface area contributed by atoms with Crippen LogP contribution in [0, 0.1) is 6.92 Å². The average Bonchev–Trinajstić information content (AvgIpc) is 3.09. The Morgan fingerprint density at radius 2 is 2.20 bits per heavy atom. The van der Waals surface area contributed by atoms with E-state index in [1.165, 1.54) is 11.3 Å². The maximum atomic E-state index is 12.2.